The lowest BCUT2D eigenvalue weighted by Crippen LogP contribution is -2.39. The number of hydrogen-bond donors (Lipinski definition) is 2. The van der Waals surface area contributed by atoms with Crippen LogP contribution in [0.1, 0.15) is 30.0 Å². The van der Waals surface area contributed by atoms with Crippen LogP contribution in [0.3, 0.4) is 0 Å². The van der Waals surface area contributed by atoms with E-state index < -0.39 is 5.92 Å². The monoisotopic (exact) mass is 468 g/mol. The lowest BCUT2D eigenvalue weighted by Gasteiger charge is -2.19. The third-order valence-corrected chi connectivity index (χ3v) is 5.94. The topological polar surface area (TPSA) is 102 Å². The molecule has 1 aliphatic rings. The normalized spacial score (nSPS) is 15.6. The molecule has 0 bridgehead atoms. The van der Waals surface area contributed by atoms with Gasteiger partial charge < -0.3 is 10.1 Å². The molecule has 0 radical (unpaired) electrons. The van der Waals surface area contributed by atoms with E-state index in [1.54, 1.807) is 28.9 Å². The number of fused-ring (bicyclic) bond motifs is 1. The number of aryl methyl sites for hydroxylation is 1. The van der Waals surface area contributed by atoms with Gasteiger partial charge in [0, 0.05) is 17.5 Å². The summed E-state index contributed by atoms with van der Waals surface area (Å²) in [6.07, 6.45) is 0.663. The van der Waals surface area contributed by atoms with Gasteiger partial charge in [-0.15, -0.1) is 0 Å². The third kappa shape index (κ3) is 4.91. The van der Waals surface area contributed by atoms with Crippen LogP contribution in [0.2, 0.25) is 0 Å². The van der Waals surface area contributed by atoms with E-state index in [1.807, 2.05) is 55.5 Å². The molecular weight excluding hydrogens is 444 g/mol. The van der Waals surface area contributed by atoms with E-state index >= 15 is 0 Å². The number of amides is 3. The molecule has 0 spiro atoms. The Hall–Kier alpha value is -4.46. The van der Waals surface area contributed by atoms with Gasteiger partial charge in [0.05, 0.1) is 17.1 Å². The van der Waals surface area contributed by atoms with Crippen molar-refractivity contribution in [3.63, 3.8) is 0 Å². The number of para-hydroxylation sites is 1. The van der Waals surface area contributed by atoms with E-state index in [0.29, 0.717) is 23.6 Å². The number of aromatic nitrogens is 2. The molecule has 5 rings (SSSR count). The predicted octanol–water partition coefficient (Wildman–Crippen LogP) is 4.30. The molecule has 1 fully saturated rings. The van der Waals surface area contributed by atoms with Crippen LogP contribution in [0.15, 0.2) is 72.8 Å². The molecule has 176 valence electrons. The molecule has 1 aliphatic heterocycles. The highest BCUT2D eigenvalue weighted by atomic mass is 16.5. The molecule has 0 aliphatic carbocycles. The highest BCUT2D eigenvalue weighted by Gasteiger charge is 2.31. The van der Waals surface area contributed by atoms with Gasteiger partial charge in [0.2, 0.25) is 17.7 Å². The molecule has 8 heteroatoms. The Morgan fingerprint density at radius 1 is 1.03 bits per heavy atom. The van der Waals surface area contributed by atoms with Gasteiger partial charge >= 0.3 is 0 Å². The zero-order chi connectivity index (χ0) is 24.4. The Kier molecular flexibility index (Phi) is 6.01. The number of nitrogens with zero attached hydrogens (tertiary/aromatic N) is 2. The van der Waals surface area contributed by atoms with Gasteiger partial charge in [0.1, 0.15) is 18.0 Å². The summed E-state index contributed by atoms with van der Waals surface area (Å²) in [5.41, 5.74) is 3.12. The number of piperidine rings is 1. The van der Waals surface area contributed by atoms with Crippen molar-refractivity contribution in [1.29, 1.82) is 0 Å². The van der Waals surface area contributed by atoms with Crippen LogP contribution in [0, 0.1) is 6.92 Å². The van der Waals surface area contributed by atoms with E-state index in [4.69, 9.17) is 4.74 Å². The number of imide groups is 1. The summed E-state index contributed by atoms with van der Waals surface area (Å²) in [5, 5.41) is 10.7. The van der Waals surface area contributed by atoms with Crippen molar-refractivity contribution < 1.29 is 19.1 Å². The first-order valence-electron chi connectivity index (χ1n) is 11.4. The zero-order valence-electron chi connectivity index (χ0n) is 19.2. The van der Waals surface area contributed by atoms with Gasteiger partial charge in [0.25, 0.3) is 0 Å². The van der Waals surface area contributed by atoms with Gasteiger partial charge in [-0.3, -0.25) is 24.4 Å². The van der Waals surface area contributed by atoms with Crippen LogP contribution >= 0.6 is 0 Å². The average molecular weight is 469 g/mol. The van der Waals surface area contributed by atoms with Gasteiger partial charge in [-0.05, 0) is 55.8 Å². The summed E-state index contributed by atoms with van der Waals surface area (Å²) < 4.78 is 7.43. The van der Waals surface area contributed by atoms with Crippen LogP contribution in [0.4, 0.5) is 5.69 Å². The van der Waals surface area contributed by atoms with Gasteiger partial charge in [-0.2, -0.15) is 5.10 Å². The summed E-state index contributed by atoms with van der Waals surface area (Å²) in [4.78, 5) is 36.8. The minimum Gasteiger partial charge on any atom is -0.457 e. The average Bonchev–Trinajstić information content (AvgIpc) is 3.20. The first kappa shape index (κ1) is 22.3. The predicted molar refractivity (Wildman–Crippen MR) is 131 cm³/mol. The lowest BCUT2D eigenvalue weighted by atomic mass is 9.93. The standard InChI is InChI=1S/C27H24N4O4/c1-17-6-10-19(11-7-17)35-20-12-8-18(9-13-20)28-25(33)16-31-23-5-3-2-4-21(23)26(30-31)22-14-15-24(32)29-27(22)34/h2-13,22H,14-16H2,1H3,(H,28,33)(H,29,32,34). The minimum atomic E-state index is -0.525. The van der Waals surface area contributed by atoms with Crippen molar-refractivity contribution in [2.24, 2.45) is 0 Å². The molecule has 2 N–H and O–H groups in total. The summed E-state index contributed by atoms with van der Waals surface area (Å²) in [7, 11) is 0. The van der Waals surface area contributed by atoms with E-state index in [2.05, 4.69) is 15.7 Å². The highest BCUT2D eigenvalue weighted by molar-refractivity contribution is 6.02. The summed E-state index contributed by atoms with van der Waals surface area (Å²) in [6.45, 7) is 2.00. The lowest BCUT2D eigenvalue weighted by molar-refractivity contribution is -0.134. The zero-order valence-corrected chi connectivity index (χ0v) is 19.2. The van der Waals surface area contributed by atoms with Crippen LogP contribution in [-0.2, 0) is 20.9 Å². The number of nitrogens with one attached hydrogen (secondary N) is 2. The van der Waals surface area contributed by atoms with Crippen molar-refractivity contribution in [1.82, 2.24) is 15.1 Å². The molecular formula is C27H24N4O4. The molecule has 1 atom stereocenters. The van der Waals surface area contributed by atoms with Gasteiger partial charge in [-0.25, -0.2) is 0 Å². The van der Waals surface area contributed by atoms with Gasteiger partial charge in [0.15, 0.2) is 0 Å². The van der Waals surface area contributed by atoms with Crippen molar-refractivity contribution in [3.05, 3.63) is 84.1 Å². The third-order valence-electron chi connectivity index (χ3n) is 5.94. The van der Waals surface area contributed by atoms with Gasteiger partial charge in [-0.1, -0.05) is 35.9 Å². The number of benzene rings is 3. The van der Waals surface area contributed by atoms with E-state index in [-0.39, 0.29) is 30.7 Å². The van der Waals surface area contributed by atoms with Crippen LogP contribution < -0.4 is 15.4 Å². The molecule has 1 saturated heterocycles. The van der Waals surface area contributed by atoms with Crippen molar-refractivity contribution in [3.8, 4) is 11.5 Å². The molecule has 1 unspecified atom stereocenters. The van der Waals surface area contributed by atoms with E-state index in [1.165, 1.54) is 0 Å². The van der Waals surface area contributed by atoms with Crippen LogP contribution in [0.5, 0.6) is 11.5 Å². The number of hydrogen-bond acceptors (Lipinski definition) is 5. The minimum absolute atomic E-state index is 0.0185. The number of carbonyl (C=O) groups excluding carboxylic acids is 3. The van der Waals surface area contributed by atoms with E-state index in [9.17, 15) is 14.4 Å². The first-order chi connectivity index (χ1) is 17.0. The molecule has 4 aromatic rings. The Labute approximate surface area is 201 Å². The second-order valence-corrected chi connectivity index (χ2v) is 8.55. The fourth-order valence-electron chi connectivity index (χ4n) is 4.17. The molecule has 1 aromatic heterocycles. The van der Waals surface area contributed by atoms with Crippen LogP contribution in [0.25, 0.3) is 10.9 Å². The summed E-state index contributed by atoms with van der Waals surface area (Å²) >= 11 is 0. The summed E-state index contributed by atoms with van der Waals surface area (Å²) in [6, 6.07) is 22.4. The molecule has 0 saturated carbocycles. The summed E-state index contributed by atoms with van der Waals surface area (Å²) in [5.74, 6) is 0.00512. The molecule has 3 amide bonds. The number of rotatable bonds is 6. The highest BCUT2D eigenvalue weighted by Crippen LogP contribution is 2.30. The maximum atomic E-state index is 12.8. The Morgan fingerprint density at radius 2 is 1.71 bits per heavy atom. The Bertz CT molecular complexity index is 1410. The van der Waals surface area contributed by atoms with E-state index in [0.717, 1.165) is 22.2 Å². The fourth-order valence-corrected chi connectivity index (χ4v) is 4.17. The van der Waals surface area contributed by atoms with Crippen molar-refractivity contribution >= 4 is 34.3 Å². The second kappa shape index (κ2) is 9.42. The fraction of sp³-hybridized carbons (Fsp3) is 0.185. The van der Waals surface area contributed by atoms with Crippen molar-refractivity contribution in [2.75, 3.05) is 5.32 Å². The largest absolute Gasteiger partial charge is 0.457 e. The second-order valence-electron chi connectivity index (χ2n) is 8.55. The Balaban J connectivity index is 1.29. The maximum Gasteiger partial charge on any atom is 0.246 e. The SMILES string of the molecule is Cc1ccc(Oc2ccc(NC(=O)Cn3nc(C4CCC(=O)NC4=O)c4ccccc43)cc2)cc1. The quantitative estimate of drug-likeness (QED) is 0.411. The van der Waals surface area contributed by atoms with Crippen molar-refractivity contribution in [2.45, 2.75) is 32.2 Å². The number of carbonyl (C=O) groups is 3. The molecule has 2 heterocycles. The first-order valence-corrected chi connectivity index (χ1v) is 11.4. The molecule has 8 nitrogen and oxygen atoms in total. The maximum absolute atomic E-state index is 12.8. The number of ether oxygens (including phenoxy) is 1. The Morgan fingerprint density at radius 3 is 2.43 bits per heavy atom. The van der Waals surface area contributed by atoms with Crippen LogP contribution in [-0.4, -0.2) is 27.5 Å². The number of anilines is 1. The smallest absolute Gasteiger partial charge is 0.246 e. The molecule has 35 heavy (non-hydrogen) atoms. The molecule has 3 aromatic carbocycles.